The summed E-state index contributed by atoms with van der Waals surface area (Å²) in [6.07, 6.45) is 1.22. The Morgan fingerprint density at radius 2 is 1.79 bits per heavy atom. The van der Waals surface area contributed by atoms with Crippen molar-refractivity contribution in [2.45, 2.75) is 19.8 Å². The molecule has 0 aliphatic heterocycles. The maximum absolute atomic E-state index is 13.4. The van der Waals surface area contributed by atoms with Gasteiger partial charge in [0.1, 0.15) is 5.82 Å². The summed E-state index contributed by atoms with van der Waals surface area (Å²) in [6.45, 7) is 1.96. The molecule has 0 saturated heterocycles. The maximum atomic E-state index is 13.4. The Morgan fingerprint density at radius 1 is 1.06 bits per heavy atom. The van der Waals surface area contributed by atoms with Gasteiger partial charge in [-0.1, -0.05) is 54.1 Å². The summed E-state index contributed by atoms with van der Waals surface area (Å²) in [5.41, 5.74) is 7.70. The van der Waals surface area contributed by atoms with Gasteiger partial charge in [-0.3, -0.25) is 4.79 Å². The number of nitrogens with zero attached hydrogens (tertiary/aromatic N) is 2. The third kappa shape index (κ3) is 5.44. The molecule has 0 atom stereocenters. The first-order valence-electron chi connectivity index (χ1n) is 10.8. The van der Waals surface area contributed by atoms with E-state index in [1.54, 1.807) is 30.3 Å². The summed E-state index contributed by atoms with van der Waals surface area (Å²) in [4.78, 5) is 18.1. The van der Waals surface area contributed by atoms with Crippen LogP contribution >= 0.6 is 23.2 Å². The second kappa shape index (κ2) is 10.8. The number of halogens is 3. The van der Waals surface area contributed by atoms with Crippen molar-refractivity contribution < 1.29 is 9.18 Å². The van der Waals surface area contributed by atoms with E-state index in [4.69, 9.17) is 28.2 Å². The molecule has 0 aliphatic carbocycles. The summed E-state index contributed by atoms with van der Waals surface area (Å²) in [5.74, 6) is -0.246. The van der Waals surface area contributed by atoms with Gasteiger partial charge < -0.3 is 0 Å². The molecular weight excluding hydrogens is 472 g/mol. The number of hydrogen-bond acceptors (Lipinski definition) is 3. The fourth-order valence-corrected chi connectivity index (χ4v) is 3.93. The highest BCUT2D eigenvalue weighted by Gasteiger charge is 2.16. The van der Waals surface area contributed by atoms with Gasteiger partial charge in [0.05, 0.1) is 22.5 Å². The van der Waals surface area contributed by atoms with Crippen molar-refractivity contribution in [3.05, 3.63) is 100 Å². The van der Waals surface area contributed by atoms with E-state index in [0.29, 0.717) is 40.7 Å². The third-order valence-corrected chi connectivity index (χ3v) is 5.96. The molecule has 1 heterocycles. The van der Waals surface area contributed by atoms with Crippen LogP contribution in [0.25, 0.3) is 22.2 Å². The summed E-state index contributed by atoms with van der Waals surface area (Å²) < 4.78 is 13.4. The molecular formula is C27H22Cl2FN3O. The van der Waals surface area contributed by atoms with Crippen LogP contribution in [0.1, 0.15) is 34.3 Å². The molecule has 0 unspecified atom stereocenters. The first kappa shape index (κ1) is 23.9. The number of hydrogen-bond donors (Lipinski definition) is 1. The van der Waals surface area contributed by atoms with Crippen LogP contribution in [0.2, 0.25) is 5.02 Å². The molecule has 0 aliphatic rings. The largest absolute Gasteiger partial charge is 0.272 e. The number of nitrogens with one attached hydrogen (secondary N) is 1. The maximum Gasteiger partial charge on any atom is 0.272 e. The minimum absolute atomic E-state index is 0.335. The van der Waals surface area contributed by atoms with Gasteiger partial charge in [0.2, 0.25) is 0 Å². The number of carbonyl (C=O) groups excluding carboxylic acids is 1. The van der Waals surface area contributed by atoms with Crippen molar-refractivity contribution in [3.63, 3.8) is 0 Å². The standard InChI is InChI=1S/C27H22Cl2FN3O/c1-17-4-2-5-22-23(16-25(31-26(17)22)19-7-11-20(29)12-8-19)27(34)33-32-24(6-3-15-28)18-9-13-21(30)14-10-18/h2,4-5,7-14,16H,3,6,15H2,1H3,(H,33,34)/b32-24-. The van der Waals surface area contributed by atoms with Gasteiger partial charge in [0.15, 0.2) is 0 Å². The second-order valence-corrected chi connectivity index (χ2v) is 8.65. The highest BCUT2D eigenvalue weighted by molar-refractivity contribution is 6.30. The van der Waals surface area contributed by atoms with E-state index in [-0.39, 0.29) is 11.7 Å². The Labute approximate surface area is 207 Å². The van der Waals surface area contributed by atoms with Crippen molar-refractivity contribution in [1.82, 2.24) is 10.4 Å². The van der Waals surface area contributed by atoms with E-state index in [1.807, 2.05) is 37.3 Å². The SMILES string of the molecule is Cc1cccc2c(C(=O)N/N=C(/CCCCl)c3ccc(F)cc3)cc(-c3ccc(Cl)cc3)nc12. The molecule has 4 nitrogen and oxygen atoms in total. The molecule has 0 fully saturated rings. The average Bonchev–Trinajstić information content (AvgIpc) is 2.85. The van der Waals surface area contributed by atoms with Crippen LogP contribution in [0, 0.1) is 12.7 Å². The van der Waals surface area contributed by atoms with E-state index < -0.39 is 0 Å². The Hall–Kier alpha value is -3.28. The molecule has 34 heavy (non-hydrogen) atoms. The summed E-state index contributed by atoms with van der Waals surface area (Å²) in [6, 6.07) is 20.8. The number of alkyl halides is 1. The lowest BCUT2D eigenvalue weighted by atomic mass is 10.0. The van der Waals surface area contributed by atoms with Crippen LogP contribution in [0.4, 0.5) is 4.39 Å². The number of carbonyl (C=O) groups is 1. The quantitative estimate of drug-likeness (QED) is 0.168. The smallest absolute Gasteiger partial charge is 0.267 e. The number of para-hydroxylation sites is 1. The lowest BCUT2D eigenvalue weighted by Gasteiger charge is -2.12. The van der Waals surface area contributed by atoms with Gasteiger partial charge in [0, 0.05) is 21.9 Å². The van der Waals surface area contributed by atoms with Gasteiger partial charge in [-0.05, 0) is 61.2 Å². The minimum atomic E-state index is -0.362. The average molecular weight is 494 g/mol. The Bertz CT molecular complexity index is 1350. The monoisotopic (exact) mass is 493 g/mol. The van der Waals surface area contributed by atoms with E-state index in [1.165, 1.54) is 12.1 Å². The number of rotatable bonds is 7. The van der Waals surface area contributed by atoms with Crippen LogP contribution in [-0.4, -0.2) is 22.5 Å². The van der Waals surface area contributed by atoms with Gasteiger partial charge in [-0.15, -0.1) is 11.6 Å². The normalized spacial score (nSPS) is 11.6. The first-order valence-corrected chi connectivity index (χ1v) is 11.7. The Morgan fingerprint density at radius 3 is 2.50 bits per heavy atom. The molecule has 0 radical (unpaired) electrons. The highest BCUT2D eigenvalue weighted by atomic mass is 35.5. The molecule has 4 aromatic rings. The number of fused-ring (bicyclic) bond motifs is 1. The number of amides is 1. The van der Waals surface area contributed by atoms with Gasteiger partial charge in [-0.25, -0.2) is 14.8 Å². The summed E-state index contributed by atoms with van der Waals surface area (Å²) >= 11 is 11.9. The van der Waals surface area contributed by atoms with Crippen molar-refractivity contribution in [2.24, 2.45) is 5.10 Å². The fourth-order valence-electron chi connectivity index (χ4n) is 3.67. The number of pyridine rings is 1. The molecule has 0 saturated carbocycles. The second-order valence-electron chi connectivity index (χ2n) is 7.83. The van der Waals surface area contributed by atoms with Crippen molar-refractivity contribution in [2.75, 3.05) is 5.88 Å². The predicted octanol–water partition coefficient (Wildman–Crippen LogP) is 7.16. The van der Waals surface area contributed by atoms with Gasteiger partial charge in [-0.2, -0.15) is 5.10 Å². The zero-order valence-electron chi connectivity index (χ0n) is 18.5. The third-order valence-electron chi connectivity index (χ3n) is 5.44. The minimum Gasteiger partial charge on any atom is -0.267 e. The highest BCUT2D eigenvalue weighted by Crippen LogP contribution is 2.27. The molecule has 0 spiro atoms. The lowest BCUT2D eigenvalue weighted by molar-refractivity contribution is 0.0956. The van der Waals surface area contributed by atoms with Crippen LogP contribution in [0.15, 0.2) is 77.9 Å². The zero-order chi connectivity index (χ0) is 24.1. The van der Waals surface area contributed by atoms with Crippen LogP contribution < -0.4 is 5.43 Å². The Balaban J connectivity index is 1.74. The molecule has 4 rings (SSSR count). The number of benzene rings is 3. The van der Waals surface area contributed by atoms with E-state index >= 15 is 0 Å². The van der Waals surface area contributed by atoms with E-state index in [2.05, 4.69) is 10.5 Å². The topological polar surface area (TPSA) is 54.4 Å². The zero-order valence-corrected chi connectivity index (χ0v) is 20.0. The van der Waals surface area contributed by atoms with Crippen LogP contribution in [-0.2, 0) is 0 Å². The van der Waals surface area contributed by atoms with Crippen LogP contribution in [0.5, 0.6) is 0 Å². The number of aryl methyl sites for hydroxylation is 1. The lowest BCUT2D eigenvalue weighted by Crippen LogP contribution is -2.21. The molecule has 3 aromatic carbocycles. The molecule has 172 valence electrons. The number of hydrazone groups is 1. The summed E-state index contributed by atoms with van der Waals surface area (Å²) in [7, 11) is 0. The van der Waals surface area contributed by atoms with E-state index in [9.17, 15) is 9.18 Å². The van der Waals surface area contributed by atoms with Crippen molar-refractivity contribution in [1.29, 1.82) is 0 Å². The van der Waals surface area contributed by atoms with Gasteiger partial charge >= 0.3 is 0 Å². The number of aromatic nitrogens is 1. The molecule has 1 N–H and O–H groups in total. The molecule has 1 aromatic heterocycles. The summed E-state index contributed by atoms with van der Waals surface area (Å²) in [5, 5.41) is 5.73. The predicted molar refractivity (Wildman–Crippen MR) is 137 cm³/mol. The molecule has 7 heteroatoms. The van der Waals surface area contributed by atoms with Crippen molar-refractivity contribution in [3.8, 4) is 11.3 Å². The van der Waals surface area contributed by atoms with E-state index in [0.717, 1.165) is 27.6 Å². The van der Waals surface area contributed by atoms with Gasteiger partial charge in [0.25, 0.3) is 5.91 Å². The molecule has 1 amide bonds. The Kier molecular flexibility index (Phi) is 7.56. The van der Waals surface area contributed by atoms with Crippen LogP contribution in [0.3, 0.4) is 0 Å². The first-order chi connectivity index (χ1) is 16.5. The van der Waals surface area contributed by atoms with Crippen molar-refractivity contribution >= 4 is 45.7 Å². The fraction of sp³-hybridized carbons (Fsp3) is 0.148. The molecule has 0 bridgehead atoms.